The van der Waals surface area contributed by atoms with Crippen LogP contribution in [0.15, 0.2) is 48.5 Å². The van der Waals surface area contributed by atoms with E-state index in [2.05, 4.69) is 11.4 Å². The second kappa shape index (κ2) is 10.4. The number of sulfonamides is 1. The molecule has 0 aromatic heterocycles. The van der Waals surface area contributed by atoms with E-state index in [1.165, 1.54) is 4.31 Å². The Balaban J connectivity index is 1.55. The number of amides is 1. The van der Waals surface area contributed by atoms with Crippen molar-refractivity contribution >= 4 is 15.9 Å². The molecule has 0 saturated carbocycles. The second-order valence-electron chi connectivity index (χ2n) is 7.55. The van der Waals surface area contributed by atoms with Gasteiger partial charge in [0.25, 0.3) is 5.91 Å². The lowest BCUT2D eigenvalue weighted by atomic mass is 10.1. The molecule has 1 aliphatic heterocycles. The fraction of sp³-hybridized carbons (Fsp3) is 0.391. The van der Waals surface area contributed by atoms with E-state index in [-0.39, 0.29) is 24.3 Å². The first-order valence-corrected chi connectivity index (χ1v) is 12.0. The maximum atomic E-state index is 12.7. The summed E-state index contributed by atoms with van der Waals surface area (Å²) < 4.78 is 31.7. The smallest absolute Gasteiger partial charge is 0.251 e. The predicted molar refractivity (Wildman–Crippen MR) is 118 cm³/mol. The molecule has 2 aromatic carbocycles. The Bertz CT molecular complexity index is 1050. The first-order valence-electron chi connectivity index (χ1n) is 10.4. The average Bonchev–Trinajstić information content (AvgIpc) is 2.78. The third kappa shape index (κ3) is 6.06. The monoisotopic (exact) mass is 441 g/mol. The lowest BCUT2D eigenvalue weighted by molar-refractivity contribution is 0.0923. The Morgan fingerprint density at radius 1 is 1.19 bits per heavy atom. The highest BCUT2D eigenvalue weighted by Gasteiger charge is 2.28. The van der Waals surface area contributed by atoms with Crippen molar-refractivity contribution in [2.24, 2.45) is 0 Å². The van der Waals surface area contributed by atoms with Crippen molar-refractivity contribution in [1.82, 2.24) is 9.62 Å². The number of hydrogen-bond donors (Lipinski definition) is 1. The van der Waals surface area contributed by atoms with Crippen molar-refractivity contribution in [1.29, 1.82) is 5.26 Å². The van der Waals surface area contributed by atoms with Crippen LogP contribution in [0.5, 0.6) is 5.75 Å². The van der Waals surface area contributed by atoms with Crippen molar-refractivity contribution in [3.8, 4) is 11.8 Å². The summed E-state index contributed by atoms with van der Waals surface area (Å²) >= 11 is 0. The number of carbonyl (C=O) groups excluding carboxylic acids is 1. The molecule has 1 amide bonds. The van der Waals surface area contributed by atoms with Crippen LogP contribution in [-0.4, -0.2) is 43.5 Å². The van der Waals surface area contributed by atoms with E-state index >= 15 is 0 Å². The van der Waals surface area contributed by atoms with E-state index in [0.29, 0.717) is 49.2 Å². The van der Waals surface area contributed by atoms with Gasteiger partial charge in [-0.3, -0.25) is 4.79 Å². The van der Waals surface area contributed by atoms with E-state index in [9.17, 15) is 18.5 Å². The zero-order valence-corrected chi connectivity index (χ0v) is 18.4. The fourth-order valence-electron chi connectivity index (χ4n) is 3.58. The molecule has 0 aliphatic carbocycles. The Labute approximate surface area is 183 Å². The molecule has 1 aliphatic rings. The van der Waals surface area contributed by atoms with Crippen LogP contribution in [0.1, 0.15) is 47.7 Å². The third-order valence-corrected chi connectivity index (χ3v) is 7.35. The van der Waals surface area contributed by atoms with Gasteiger partial charge in [-0.2, -0.15) is 5.26 Å². The largest absolute Gasteiger partial charge is 0.489 e. The normalized spacial score (nSPS) is 15.2. The number of nitrogens with zero attached hydrogens (tertiary/aromatic N) is 2. The van der Waals surface area contributed by atoms with Crippen LogP contribution in [0.3, 0.4) is 0 Å². The summed E-state index contributed by atoms with van der Waals surface area (Å²) in [6, 6.07) is 16.2. The minimum atomic E-state index is -3.19. The predicted octanol–water partition coefficient (Wildman–Crippen LogP) is 3.07. The number of rotatable bonds is 8. The Kier molecular flexibility index (Phi) is 7.66. The van der Waals surface area contributed by atoms with Crippen LogP contribution >= 0.6 is 0 Å². The van der Waals surface area contributed by atoms with Crippen molar-refractivity contribution < 1.29 is 17.9 Å². The number of benzene rings is 2. The molecule has 1 heterocycles. The van der Waals surface area contributed by atoms with Gasteiger partial charge in [-0.1, -0.05) is 31.2 Å². The van der Waals surface area contributed by atoms with E-state index in [1.807, 2.05) is 19.1 Å². The highest BCUT2D eigenvalue weighted by atomic mass is 32.2. The number of carbonyl (C=O) groups is 1. The van der Waals surface area contributed by atoms with Gasteiger partial charge in [-0.05, 0) is 43.5 Å². The number of nitrogens with one attached hydrogen (secondary N) is 1. The number of ether oxygens (including phenoxy) is 1. The molecule has 0 bridgehead atoms. The molecular formula is C23H27N3O4S. The van der Waals surface area contributed by atoms with Gasteiger partial charge >= 0.3 is 0 Å². The van der Waals surface area contributed by atoms with E-state index < -0.39 is 10.0 Å². The summed E-state index contributed by atoms with van der Waals surface area (Å²) in [6.07, 6.45) is 1.78. The number of piperidine rings is 1. The summed E-state index contributed by atoms with van der Waals surface area (Å²) in [5.74, 6) is 0.494. The van der Waals surface area contributed by atoms with Crippen LogP contribution in [0.2, 0.25) is 0 Å². The van der Waals surface area contributed by atoms with E-state index in [0.717, 1.165) is 5.56 Å². The lowest BCUT2D eigenvalue weighted by Crippen LogP contribution is -2.47. The molecule has 1 fully saturated rings. The van der Waals surface area contributed by atoms with Crippen molar-refractivity contribution in [2.45, 2.75) is 38.8 Å². The second-order valence-corrected chi connectivity index (χ2v) is 9.64. The average molecular weight is 442 g/mol. The summed E-state index contributed by atoms with van der Waals surface area (Å²) in [5, 5.41) is 12.2. The summed E-state index contributed by atoms with van der Waals surface area (Å²) in [4.78, 5) is 12.7. The highest BCUT2D eigenvalue weighted by molar-refractivity contribution is 7.89. The van der Waals surface area contributed by atoms with Gasteiger partial charge in [-0.15, -0.1) is 0 Å². The van der Waals surface area contributed by atoms with Crippen molar-refractivity contribution in [2.75, 3.05) is 18.8 Å². The summed E-state index contributed by atoms with van der Waals surface area (Å²) in [7, 11) is -3.19. The van der Waals surface area contributed by atoms with Crippen LogP contribution in [0, 0.1) is 11.3 Å². The summed E-state index contributed by atoms with van der Waals surface area (Å²) in [6.45, 7) is 2.94. The zero-order chi connectivity index (χ0) is 22.3. The van der Waals surface area contributed by atoms with Crippen LogP contribution in [0.25, 0.3) is 0 Å². The highest BCUT2D eigenvalue weighted by Crippen LogP contribution is 2.19. The fourth-order valence-corrected chi connectivity index (χ4v) is 5.12. The van der Waals surface area contributed by atoms with Crippen LogP contribution < -0.4 is 10.1 Å². The van der Waals surface area contributed by atoms with Gasteiger partial charge in [0.15, 0.2) is 0 Å². The van der Waals surface area contributed by atoms with E-state index in [4.69, 9.17) is 4.74 Å². The minimum Gasteiger partial charge on any atom is -0.489 e. The first-order chi connectivity index (χ1) is 14.9. The Morgan fingerprint density at radius 3 is 2.65 bits per heavy atom. The lowest BCUT2D eigenvalue weighted by Gasteiger charge is -2.31. The number of nitriles is 1. The minimum absolute atomic E-state index is 0.0624. The quantitative estimate of drug-likeness (QED) is 0.679. The Morgan fingerprint density at radius 2 is 1.94 bits per heavy atom. The molecule has 7 nitrogen and oxygen atoms in total. The SMILES string of the molecule is CCCS(=O)(=O)N1CCC(NC(=O)c2cccc(OCc3ccccc3C#N)c2)CC1. The molecule has 0 unspecified atom stereocenters. The zero-order valence-electron chi connectivity index (χ0n) is 17.6. The molecule has 164 valence electrons. The molecule has 31 heavy (non-hydrogen) atoms. The maximum Gasteiger partial charge on any atom is 0.251 e. The van der Waals surface area contributed by atoms with Crippen molar-refractivity contribution in [3.63, 3.8) is 0 Å². The van der Waals surface area contributed by atoms with Gasteiger partial charge in [0.1, 0.15) is 12.4 Å². The van der Waals surface area contributed by atoms with Gasteiger partial charge in [0.2, 0.25) is 10.0 Å². The molecule has 8 heteroatoms. The molecule has 1 N–H and O–H groups in total. The number of hydrogen-bond acceptors (Lipinski definition) is 5. The van der Waals surface area contributed by atoms with Crippen LogP contribution in [0.4, 0.5) is 0 Å². The molecule has 0 atom stereocenters. The molecule has 3 rings (SSSR count). The Hall–Kier alpha value is -2.89. The van der Waals surface area contributed by atoms with Gasteiger partial charge < -0.3 is 10.1 Å². The topological polar surface area (TPSA) is 99.5 Å². The maximum absolute atomic E-state index is 12.7. The van der Waals surface area contributed by atoms with E-state index in [1.54, 1.807) is 36.4 Å². The molecule has 0 radical (unpaired) electrons. The summed E-state index contributed by atoms with van der Waals surface area (Å²) in [5.41, 5.74) is 1.82. The molecule has 0 spiro atoms. The standard InChI is InChI=1S/C23H27N3O4S/c1-2-14-31(28,29)26-12-10-21(11-13-26)25-23(27)18-8-5-9-22(15-18)30-17-20-7-4-3-6-19(20)16-24/h3-9,15,21H,2,10-14,17H2,1H3,(H,25,27). The van der Waals surface area contributed by atoms with Gasteiger partial charge in [0, 0.05) is 30.3 Å². The molecular weight excluding hydrogens is 414 g/mol. The third-order valence-electron chi connectivity index (χ3n) is 5.27. The molecule has 1 saturated heterocycles. The van der Waals surface area contributed by atoms with Gasteiger partial charge in [-0.25, -0.2) is 12.7 Å². The van der Waals surface area contributed by atoms with Gasteiger partial charge in [0.05, 0.1) is 17.4 Å². The molecule has 2 aromatic rings. The van der Waals surface area contributed by atoms with Crippen molar-refractivity contribution in [3.05, 3.63) is 65.2 Å². The first kappa shape index (κ1) is 22.8. The van der Waals surface area contributed by atoms with Crippen LogP contribution in [-0.2, 0) is 16.6 Å².